The summed E-state index contributed by atoms with van der Waals surface area (Å²) in [5, 5.41) is 10.2. The summed E-state index contributed by atoms with van der Waals surface area (Å²) in [6, 6.07) is 7.25. The molecule has 2 rings (SSSR count). The van der Waals surface area contributed by atoms with E-state index < -0.39 is 11.4 Å². The molecule has 0 radical (unpaired) electrons. The van der Waals surface area contributed by atoms with Gasteiger partial charge in [0.2, 0.25) is 0 Å². The standard InChI is InChI=1S/C13H16ClNO2/c14-10-3-1-9(2-4-10)13(12(16)17)7-5-11(15)6-8-13/h1-4,11H,5-8,15H2,(H,16,17)/t11-,13+. The van der Waals surface area contributed by atoms with E-state index in [0.29, 0.717) is 17.9 Å². The maximum atomic E-state index is 11.6. The molecule has 1 fully saturated rings. The third-order valence-electron chi connectivity index (χ3n) is 3.69. The van der Waals surface area contributed by atoms with E-state index in [0.717, 1.165) is 18.4 Å². The van der Waals surface area contributed by atoms with Gasteiger partial charge in [-0.2, -0.15) is 0 Å². The first-order valence-electron chi connectivity index (χ1n) is 5.80. The lowest BCUT2D eigenvalue weighted by molar-refractivity contribution is -0.145. The van der Waals surface area contributed by atoms with Crippen molar-refractivity contribution in [3.8, 4) is 0 Å². The maximum absolute atomic E-state index is 11.6. The van der Waals surface area contributed by atoms with Crippen LogP contribution in [0.5, 0.6) is 0 Å². The van der Waals surface area contributed by atoms with E-state index in [1.165, 1.54) is 0 Å². The number of aliphatic carboxylic acids is 1. The number of rotatable bonds is 2. The lowest BCUT2D eigenvalue weighted by atomic mass is 9.68. The van der Waals surface area contributed by atoms with Crippen molar-refractivity contribution in [2.24, 2.45) is 5.73 Å². The topological polar surface area (TPSA) is 63.3 Å². The summed E-state index contributed by atoms with van der Waals surface area (Å²) in [5.74, 6) is -0.758. The average molecular weight is 254 g/mol. The Balaban J connectivity index is 2.35. The van der Waals surface area contributed by atoms with Crippen LogP contribution in [0.3, 0.4) is 0 Å². The second kappa shape index (κ2) is 4.67. The molecule has 3 N–H and O–H groups in total. The van der Waals surface area contributed by atoms with Crippen LogP contribution in [0, 0.1) is 0 Å². The van der Waals surface area contributed by atoms with E-state index >= 15 is 0 Å². The zero-order valence-corrected chi connectivity index (χ0v) is 10.3. The molecular formula is C13H16ClNO2. The van der Waals surface area contributed by atoms with E-state index in [1.54, 1.807) is 12.1 Å². The van der Waals surface area contributed by atoms with Gasteiger partial charge < -0.3 is 10.8 Å². The van der Waals surface area contributed by atoms with E-state index in [4.69, 9.17) is 17.3 Å². The molecule has 4 heteroatoms. The quantitative estimate of drug-likeness (QED) is 0.852. The Labute approximate surface area is 106 Å². The molecule has 0 saturated heterocycles. The van der Waals surface area contributed by atoms with Crippen molar-refractivity contribution in [1.29, 1.82) is 0 Å². The van der Waals surface area contributed by atoms with Crippen molar-refractivity contribution in [2.45, 2.75) is 37.1 Å². The van der Waals surface area contributed by atoms with Crippen molar-refractivity contribution in [3.05, 3.63) is 34.9 Å². The number of benzene rings is 1. The third-order valence-corrected chi connectivity index (χ3v) is 3.94. The minimum absolute atomic E-state index is 0.134. The summed E-state index contributed by atoms with van der Waals surface area (Å²) in [7, 11) is 0. The van der Waals surface area contributed by atoms with Crippen LogP contribution < -0.4 is 5.73 Å². The number of carbonyl (C=O) groups is 1. The predicted octanol–water partition coefficient (Wildman–Crippen LogP) is 2.56. The molecule has 0 unspecified atom stereocenters. The van der Waals surface area contributed by atoms with Crippen molar-refractivity contribution in [1.82, 2.24) is 0 Å². The first-order chi connectivity index (χ1) is 8.04. The Morgan fingerprint density at radius 3 is 2.29 bits per heavy atom. The highest BCUT2D eigenvalue weighted by atomic mass is 35.5. The van der Waals surface area contributed by atoms with Crippen LogP contribution in [0.2, 0.25) is 5.02 Å². The Bertz CT molecular complexity index is 408. The molecule has 3 nitrogen and oxygen atoms in total. The van der Waals surface area contributed by atoms with E-state index in [1.807, 2.05) is 12.1 Å². The van der Waals surface area contributed by atoms with Crippen molar-refractivity contribution < 1.29 is 9.90 Å². The molecule has 0 aliphatic heterocycles. The molecule has 17 heavy (non-hydrogen) atoms. The summed E-state index contributed by atoms with van der Waals surface area (Å²) in [6.45, 7) is 0. The smallest absolute Gasteiger partial charge is 0.314 e. The first-order valence-corrected chi connectivity index (χ1v) is 6.17. The van der Waals surface area contributed by atoms with Crippen molar-refractivity contribution >= 4 is 17.6 Å². The molecule has 0 atom stereocenters. The Kier molecular flexibility index (Phi) is 3.40. The van der Waals surface area contributed by atoms with Crippen LogP contribution in [-0.2, 0) is 10.2 Å². The lowest BCUT2D eigenvalue weighted by Gasteiger charge is -2.36. The fourth-order valence-electron chi connectivity index (χ4n) is 2.53. The molecule has 1 aliphatic carbocycles. The minimum atomic E-state index is -0.777. The number of hydrogen-bond acceptors (Lipinski definition) is 2. The second-order valence-electron chi connectivity index (χ2n) is 4.73. The number of carboxylic acids is 1. The highest BCUT2D eigenvalue weighted by molar-refractivity contribution is 6.30. The number of nitrogens with two attached hydrogens (primary N) is 1. The van der Waals surface area contributed by atoms with Crippen LogP contribution in [-0.4, -0.2) is 17.1 Å². The summed E-state index contributed by atoms with van der Waals surface area (Å²) < 4.78 is 0. The molecule has 1 aromatic carbocycles. The monoisotopic (exact) mass is 253 g/mol. The van der Waals surface area contributed by atoms with Gasteiger partial charge in [0.1, 0.15) is 0 Å². The van der Waals surface area contributed by atoms with Gasteiger partial charge in [-0.05, 0) is 43.4 Å². The maximum Gasteiger partial charge on any atom is 0.314 e. The Hall–Kier alpha value is -1.06. The molecule has 0 amide bonds. The second-order valence-corrected chi connectivity index (χ2v) is 5.17. The molecular weight excluding hydrogens is 238 g/mol. The van der Waals surface area contributed by atoms with Crippen LogP contribution in [0.4, 0.5) is 0 Å². The van der Waals surface area contributed by atoms with Crippen molar-refractivity contribution in [2.75, 3.05) is 0 Å². The van der Waals surface area contributed by atoms with Gasteiger partial charge in [-0.1, -0.05) is 23.7 Å². The predicted molar refractivity (Wildman–Crippen MR) is 67.2 cm³/mol. The molecule has 0 bridgehead atoms. The van der Waals surface area contributed by atoms with E-state index in [9.17, 15) is 9.90 Å². The largest absolute Gasteiger partial charge is 0.481 e. The van der Waals surface area contributed by atoms with Gasteiger partial charge in [0.25, 0.3) is 0 Å². The summed E-state index contributed by atoms with van der Waals surface area (Å²) in [4.78, 5) is 11.6. The van der Waals surface area contributed by atoms with Crippen LogP contribution >= 0.6 is 11.6 Å². The summed E-state index contributed by atoms with van der Waals surface area (Å²) in [5.41, 5.74) is 5.90. The highest BCUT2D eigenvalue weighted by Gasteiger charge is 2.42. The highest BCUT2D eigenvalue weighted by Crippen LogP contribution is 2.39. The van der Waals surface area contributed by atoms with Gasteiger partial charge in [0.15, 0.2) is 0 Å². The van der Waals surface area contributed by atoms with Crippen LogP contribution in [0.25, 0.3) is 0 Å². The fourth-order valence-corrected chi connectivity index (χ4v) is 2.65. The van der Waals surface area contributed by atoms with Crippen molar-refractivity contribution in [3.63, 3.8) is 0 Å². The minimum Gasteiger partial charge on any atom is -0.481 e. The fraction of sp³-hybridized carbons (Fsp3) is 0.462. The van der Waals surface area contributed by atoms with Gasteiger partial charge in [-0.25, -0.2) is 0 Å². The van der Waals surface area contributed by atoms with E-state index in [2.05, 4.69) is 0 Å². The van der Waals surface area contributed by atoms with Gasteiger partial charge in [0, 0.05) is 11.1 Å². The molecule has 1 saturated carbocycles. The third kappa shape index (κ3) is 2.31. The van der Waals surface area contributed by atoms with Gasteiger partial charge >= 0.3 is 5.97 Å². The molecule has 1 aromatic rings. The van der Waals surface area contributed by atoms with E-state index in [-0.39, 0.29) is 6.04 Å². The Morgan fingerprint density at radius 1 is 1.29 bits per heavy atom. The number of halogens is 1. The molecule has 1 aliphatic rings. The SMILES string of the molecule is N[C@H]1CC[C@](C(=O)O)(c2ccc(Cl)cc2)CC1. The lowest BCUT2D eigenvalue weighted by Crippen LogP contribution is -2.42. The van der Waals surface area contributed by atoms with Crippen LogP contribution in [0.15, 0.2) is 24.3 Å². The number of carboxylic acid groups (broad SMARTS) is 1. The molecule has 0 heterocycles. The zero-order valence-electron chi connectivity index (χ0n) is 9.53. The molecule has 0 aromatic heterocycles. The zero-order chi connectivity index (χ0) is 12.5. The van der Waals surface area contributed by atoms with Gasteiger partial charge in [-0.3, -0.25) is 4.79 Å². The van der Waals surface area contributed by atoms with Gasteiger partial charge in [-0.15, -0.1) is 0 Å². The van der Waals surface area contributed by atoms with Gasteiger partial charge in [0.05, 0.1) is 5.41 Å². The Morgan fingerprint density at radius 2 is 1.82 bits per heavy atom. The normalized spacial score (nSPS) is 28.9. The summed E-state index contributed by atoms with van der Waals surface area (Å²) >= 11 is 5.83. The number of hydrogen-bond donors (Lipinski definition) is 2. The average Bonchev–Trinajstić information content (AvgIpc) is 2.31. The molecule has 0 spiro atoms. The summed E-state index contributed by atoms with van der Waals surface area (Å²) in [6.07, 6.45) is 2.72. The molecule has 92 valence electrons. The van der Waals surface area contributed by atoms with Crippen LogP contribution in [0.1, 0.15) is 31.2 Å². The first kappa shape index (κ1) is 12.4.